The molecule has 0 spiro atoms. The summed E-state index contributed by atoms with van der Waals surface area (Å²) in [5.41, 5.74) is 10.4. The van der Waals surface area contributed by atoms with Crippen molar-refractivity contribution in [2.24, 2.45) is 0 Å². The molecule has 12 aromatic rings. The molecule has 0 aliphatic rings. The molecular formula is C53H31N3O2. The highest BCUT2D eigenvalue weighted by Gasteiger charge is 2.22. The van der Waals surface area contributed by atoms with Crippen LogP contribution in [0.25, 0.3) is 122 Å². The Balaban J connectivity index is 1.09. The molecule has 5 heteroatoms. The van der Waals surface area contributed by atoms with Crippen LogP contribution in [-0.4, -0.2) is 15.0 Å². The fraction of sp³-hybridized carbons (Fsp3) is 0. The van der Waals surface area contributed by atoms with E-state index in [0.717, 1.165) is 93.6 Å². The summed E-state index contributed by atoms with van der Waals surface area (Å²) in [6.45, 7) is 0. The highest BCUT2D eigenvalue weighted by atomic mass is 16.3. The van der Waals surface area contributed by atoms with E-state index < -0.39 is 0 Å². The molecule has 5 nitrogen and oxygen atoms in total. The monoisotopic (exact) mass is 741 g/mol. The average Bonchev–Trinajstić information content (AvgIpc) is 3.88. The van der Waals surface area contributed by atoms with Crippen molar-refractivity contribution < 1.29 is 8.83 Å². The molecule has 0 aliphatic heterocycles. The van der Waals surface area contributed by atoms with Gasteiger partial charge >= 0.3 is 0 Å². The van der Waals surface area contributed by atoms with Gasteiger partial charge in [0.1, 0.15) is 22.3 Å². The topological polar surface area (TPSA) is 65.0 Å². The van der Waals surface area contributed by atoms with Crippen LogP contribution in [0.15, 0.2) is 197 Å². The lowest BCUT2D eigenvalue weighted by Crippen LogP contribution is -2.01. The summed E-state index contributed by atoms with van der Waals surface area (Å²) in [5.74, 6) is 1.74. The summed E-state index contributed by atoms with van der Waals surface area (Å²) in [6, 6.07) is 65.1. The summed E-state index contributed by atoms with van der Waals surface area (Å²) in [4.78, 5) is 15.5. The fourth-order valence-electron chi connectivity index (χ4n) is 8.71. The molecule has 0 unspecified atom stereocenters. The normalized spacial score (nSPS) is 11.8. The van der Waals surface area contributed by atoms with Crippen LogP contribution in [-0.2, 0) is 0 Å². The van der Waals surface area contributed by atoms with E-state index in [2.05, 4.69) is 121 Å². The SMILES string of the molecule is c1ccc(-c2nc(-c3ccc(-c4ccc(-c5cccc6ccccc56)c5oc6ccccc6c45)c4ccccc34)nc(-c3cccc4c3oc3ccccc34)n2)cc1. The number of hydrogen-bond acceptors (Lipinski definition) is 5. The van der Waals surface area contributed by atoms with E-state index in [9.17, 15) is 0 Å². The van der Waals surface area contributed by atoms with Crippen LogP contribution >= 0.6 is 0 Å². The first kappa shape index (κ1) is 32.4. The zero-order valence-electron chi connectivity index (χ0n) is 31.1. The van der Waals surface area contributed by atoms with E-state index in [-0.39, 0.29) is 0 Å². The molecular weight excluding hydrogens is 711 g/mol. The van der Waals surface area contributed by atoms with Crippen molar-refractivity contribution in [3.05, 3.63) is 188 Å². The van der Waals surface area contributed by atoms with Gasteiger partial charge in [0.25, 0.3) is 0 Å². The van der Waals surface area contributed by atoms with E-state index in [1.165, 1.54) is 10.8 Å². The number of aromatic nitrogens is 3. The van der Waals surface area contributed by atoms with E-state index in [0.29, 0.717) is 17.5 Å². The van der Waals surface area contributed by atoms with Gasteiger partial charge < -0.3 is 8.83 Å². The average molecular weight is 742 g/mol. The molecule has 0 radical (unpaired) electrons. The van der Waals surface area contributed by atoms with Crippen LogP contribution in [0.4, 0.5) is 0 Å². The van der Waals surface area contributed by atoms with Gasteiger partial charge in [0, 0.05) is 38.2 Å². The van der Waals surface area contributed by atoms with Crippen LogP contribution in [0.2, 0.25) is 0 Å². The molecule has 0 saturated heterocycles. The fourth-order valence-corrected chi connectivity index (χ4v) is 8.71. The quantitative estimate of drug-likeness (QED) is 0.176. The van der Waals surface area contributed by atoms with E-state index >= 15 is 0 Å². The second-order valence-electron chi connectivity index (χ2n) is 14.6. The third kappa shape index (κ3) is 5.00. The van der Waals surface area contributed by atoms with Gasteiger partial charge in [-0.3, -0.25) is 0 Å². The summed E-state index contributed by atoms with van der Waals surface area (Å²) >= 11 is 0. The molecule has 0 N–H and O–H groups in total. The molecule has 0 amide bonds. The minimum absolute atomic E-state index is 0.553. The molecule has 0 bridgehead atoms. The number of para-hydroxylation sites is 3. The molecule has 12 rings (SSSR count). The van der Waals surface area contributed by atoms with E-state index in [4.69, 9.17) is 23.8 Å². The lowest BCUT2D eigenvalue weighted by Gasteiger charge is -2.15. The Morgan fingerprint density at radius 1 is 0.276 bits per heavy atom. The molecule has 0 atom stereocenters. The Kier molecular flexibility index (Phi) is 7.16. The molecule has 0 aliphatic carbocycles. The molecule has 3 heterocycles. The van der Waals surface area contributed by atoms with Gasteiger partial charge in [-0.15, -0.1) is 0 Å². The molecule has 58 heavy (non-hydrogen) atoms. The van der Waals surface area contributed by atoms with Crippen molar-refractivity contribution in [1.82, 2.24) is 15.0 Å². The summed E-state index contributed by atoms with van der Waals surface area (Å²) in [5, 5.41) is 8.77. The van der Waals surface area contributed by atoms with Gasteiger partial charge in [-0.1, -0.05) is 158 Å². The highest BCUT2D eigenvalue weighted by Crippen LogP contribution is 2.46. The lowest BCUT2D eigenvalue weighted by atomic mass is 9.89. The Hall–Kier alpha value is -7.89. The first-order valence-electron chi connectivity index (χ1n) is 19.4. The minimum Gasteiger partial charge on any atom is -0.455 e. The second kappa shape index (κ2) is 12.8. The predicted octanol–water partition coefficient (Wildman–Crippen LogP) is 14.3. The molecule has 0 saturated carbocycles. The van der Waals surface area contributed by atoms with Crippen molar-refractivity contribution in [3.8, 4) is 56.4 Å². The van der Waals surface area contributed by atoms with Crippen molar-refractivity contribution in [1.29, 1.82) is 0 Å². The number of furan rings is 2. The lowest BCUT2D eigenvalue weighted by molar-refractivity contribution is 0.669. The van der Waals surface area contributed by atoms with Crippen LogP contribution in [0.3, 0.4) is 0 Å². The van der Waals surface area contributed by atoms with Crippen LogP contribution in [0, 0.1) is 0 Å². The molecule has 270 valence electrons. The number of fused-ring (bicyclic) bond motifs is 8. The van der Waals surface area contributed by atoms with Gasteiger partial charge in [-0.2, -0.15) is 0 Å². The number of hydrogen-bond donors (Lipinski definition) is 0. The zero-order valence-corrected chi connectivity index (χ0v) is 31.1. The van der Waals surface area contributed by atoms with Gasteiger partial charge in [-0.05, 0) is 68.6 Å². The Bertz CT molecular complexity index is 3580. The van der Waals surface area contributed by atoms with Crippen LogP contribution < -0.4 is 0 Å². The Morgan fingerprint density at radius 2 is 0.776 bits per heavy atom. The van der Waals surface area contributed by atoms with Gasteiger partial charge in [0.05, 0.1) is 5.56 Å². The van der Waals surface area contributed by atoms with E-state index in [1.807, 2.05) is 66.7 Å². The largest absolute Gasteiger partial charge is 0.455 e. The number of nitrogens with zero attached hydrogens (tertiary/aromatic N) is 3. The Morgan fingerprint density at radius 3 is 1.60 bits per heavy atom. The predicted molar refractivity (Wildman–Crippen MR) is 237 cm³/mol. The van der Waals surface area contributed by atoms with Crippen molar-refractivity contribution in [2.75, 3.05) is 0 Å². The summed E-state index contributed by atoms with van der Waals surface area (Å²) in [7, 11) is 0. The summed E-state index contributed by atoms with van der Waals surface area (Å²) in [6.07, 6.45) is 0. The van der Waals surface area contributed by atoms with Crippen molar-refractivity contribution in [3.63, 3.8) is 0 Å². The van der Waals surface area contributed by atoms with Crippen LogP contribution in [0.1, 0.15) is 0 Å². The maximum Gasteiger partial charge on any atom is 0.167 e. The summed E-state index contributed by atoms with van der Waals surface area (Å²) < 4.78 is 13.3. The second-order valence-corrected chi connectivity index (χ2v) is 14.6. The third-order valence-corrected chi connectivity index (χ3v) is 11.4. The van der Waals surface area contributed by atoms with Gasteiger partial charge in [-0.25, -0.2) is 15.0 Å². The minimum atomic E-state index is 0.553. The van der Waals surface area contributed by atoms with Gasteiger partial charge in [0.2, 0.25) is 0 Å². The third-order valence-electron chi connectivity index (χ3n) is 11.4. The smallest absolute Gasteiger partial charge is 0.167 e. The zero-order chi connectivity index (χ0) is 38.2. The molecule has 0 fully saturated rings. The first-order chi connectivity index (χ1) is 28.8. The van der Waals surface area contributed by atoms with Crippen molar-refractivity contribution in [2.45, 2.75) is 0 Å². The van der Waals surface area contributed by atoms with Crippen molar-refractivity contribution >= 4 is 65.4 Å². The highest BCUT2D eigenvalue weighted by molar-refractivity contribution is 6.20. The van der Waals surface area contributed by atoms with Gasteiger partial charge in [0.15, 0.2) is 17.5 Å². The Labute approximate surface area is 332 Å². The molecule has 3 aromatic heterocycles. The van der Waals surface area contributed by atoms with E-state index in [1.54, 1.807) is 0 Å². The maximum absolute atomic E-state index is 6.78. The number of rotatable bonds is 5. The standard InChI is InChI=1S/C53H31N3O2/c1-2-15-33(16-3-1)51-54-52(56-53(55-51)45-25-13-24-41-39-21-8-10-26-46(39)57-49(41)45)43-31-28-38(36-19-6-7-20-37(36)43)40-29-30-42(35-23-12-17-32-14-4-5-18-34(32)35)50-48(40)44-22-9-11-27-47(44)58-50/h1-31H. The number of benzene rings is 9. The first-order valence-corrected chi connectivity index (χ1v) is 19.4. The molecule has 9 aromatic carbocycles. The maximum atomic E-state index is 6.78. The van der Waals surface area contributed by atoms with Crippen LogP contribution in [0.5, 0.6) is 0 Å².